The molecule has 148 valence electrons. The quantitative estimate of drug-likeness (QED) is 0.709. The third-order valence-corrected chi connectivity index (χ3v) is 6.00. The van der Waals surface area contributed by atoms with Crippen molar-refractivity contribution in [1.29, 1.82) is 0 Å². The van der Waals surface area contributed by atoms with Crippen LogP contribution in [-0.2, 0) is 13.0 Å². The number of carbonyl (C=O) groups is 1. The van der Waals surface area contributed by atoms with E-state index < -0.39 is 0 Å². The summed E-state index contributed by atoms with van der Waals surface area (Å²) in [7, 11) is 0. The molecule has 4 heteroatoms. The zero-order valence-electron chi connectivity index (χ0n) is 16.8. The molecule has 2 aromatic carbocycles. The molecule has 0 N–H and O–H groups in total. The standard InChI is InChI=1S/C24H30N2O2/c1-2-3-16-28-23-10-8-20(9-11-23)24(27)26-15-13-22(18-26)25-14-12-19-6-4-5-7-21(19)17-25/h4-11,22H,2-3,12-18H2,1H3/t22-/m1/s1. The van der Waals surface area contributed by atoms with Gasteiger partial charge in [-0.15, -0.1) is 0 Å². The van der Waals surface area contributed by atoms with Gasteiger partial charge in [-0.05, 0) is 54.7 Å². The lowest BCUT2D eigenvalue weighted by Crippen LogP contribution is -2.41. The summed E-state index contributed by atoms with van der Waals surface area (Å²) in [6.07, 6.45) is 4.35. The van der Waals surface area contributed by atoms with Crippen molar-refractivity contribution < 1.29 is 9.53 Å². The molecule has 4 rings (SSSR count). The van der Waals surface area contributed by atoms with Gasteiger partial charge in [0.25, 0.3) is 5.91 Å². The number of likely N-dealkylation sites (tertiary alicyclic amines) is 1. The van der Waals surface area contributed by atoms with E-state index in [2.05, 4.69) is 36.1 Å². The first-order chi connectivity index (χ1) is 13.7. The van der Waals surface area contributed by atoms with Crippen LogP contribution < -0.4 is 4.74 Å². The summed E-state index contributed by atoms with van der Waals surface area (Å²) in [5, 5.41) is 0. The summed E-state index contributed by atoms with van der Waals surface area (Å²) in [5.74, 6) is 0.983. The molecular weight excluding hydrogens is 348 g/mol. The monoisotopic (exact) mass is 378 g/mol. The second kappa shape index (κ2) is 8.78. The first-order valence-electron chi connectivity index (χ1n) is 10.6. The summed E-state index contributed by atoms with van der Waals surface area (Å²) in [5.41, 5.74) is 3.68. The maximum absolute atomic E-state index is 12.9. The van der Waals surface area contributed by atoms with Gasteiger partial charge in [-0.1, -0.05) is 37.6 Å². The normalized spacial score (nSPS) is 19.5. The number of carbonyl (C=O) groups excluding carboxylic acids is 1. The van der Waals surface area contributed by atoms with E-state index in [-0.39, 0.29) is 5.91 Å². The van der Waals surface area contributed by atoms with Crippen LogP contribution in [0.3, 0.4) is 0 Å². The number of fused-ring (bicyclic) bond motifs is 1. The molecular formula is C24H30N2O2. The lowest BCUT2D eigenvalue weighted by Gasteiger charge is -2.33. The van der Waals surface area contributed by atoms with E-state index in [1.54, 1.807) is 0 Å². The number of amides is 1. The predicted octanol–water partition coefficient (Wildman–Crippen LogP) is 4.14. The smallest absolute Gasteiger partial charge is 0.253 e. The van der Waals surface area contributed by atoms with E-state index in [4.69, 9.17) is 4.74 Å². The average molecular weight is 379 g/mol. The van der Waals surface area contributed by atoms with Gasteiger partial charge in [-0.2, -0.15) is 0 Å². The summed E-state index contributed by atoms with van der Waals surface area (Å²) in [6.45, 7) is 6.65. The fourth-order valence-corrected chi connectivity index (χ4v) is 4.26. The van der Waals surface area contributed by atoms with Gasteiger partial charge in [0.15, 0.2) is 0 Å². The molecule has 1 saturated heterocycles. The van der Waals surface area contributed by atoms with Crippen LogP contribution in [0.2, 0.25) is 0 Å². The number of benzene rings is 2. The van der Waals surface area contributed by atoms with Crippen LogP contribution in [0.1, 0.15) is 47.7 Å². The molecule has 4 nitrogen and oxygen atoms in total. The number of hydrogen-bond donors (Lipinski definition) is 0. The van der Waals surface area contributed by atoms with Gasteiger partial charge in [-0.3, -0.25) is 9.69 Å². The van der Waals surface area contributed by atoms with Crippen molar-refractivity contribution in [3.8, 4) is 5.75 Å². The van der Waals surface area contributed by atoms with Gasteiger partial charge in [0.1, 0.15) is 5.75 Å². The number of rotatable bonds is 6. The maximum atomic E-state index is 12.9. The zero-order chi connectivity index (χ0) is 19.3. The van der Waals surface area contributed by atoms with Gasteiger partial charge in [0.05, 0.1) is 6.61 Å². The lowest BCUT2D eigenvalue weighted by molar-refractivity contribution is 0.0773. The minimum absolute atomic E-state index is 0.139. The molecule has 28 heavy (non-hydrogen) atoms. The molecule has 0 radical (unpaired) electrons. The molecule has 0 saturated carbocycles. The highest BCUT2D eigenvalue weighted by atomic mass is 16.5. The number of ether oxygens (including phenoxy) is 1. The molecule has 0 unspecified atom stereocenters. The number of unbranched alkanes of at least 4 members (excludes halogenated alkanes) is 1. The Morgan fingerprint density at radius 3 is 2.64 bits per heavy atom. The number of hydrogen-bond acceptors (Lipinski definition) is 3. The molecule has 0 aliphatic carbocycles. The van der Waals surface area contributed by atoms with Crippen LogP contribution in [0.15, 0.2) is 48.5 Å². The summed E-state index contributed by atoms with van der Waals surface area (Å²) in [4.78, 5) is 17.5. The largest absolute Gasteiger partial charge is 0.494 e. The molecule has 0 bridgehead atoms. The Morgan fingerprint density at radius 1 is 1.07 bits per heavy atom. The van der Waals surface area contributed by atoms with Crippen LogP contribution in [0.4, 0.5) is 0 Å². The Hall–Kier alpha value is -2.33. The topological polar surface area (TPSA) is 32.8 Å². The van der Waals surface area contributed by atoms with E-state index in [1.807, 2.05) is 29.2 Å². The van der Waals surface area contributed by atoms with Gasteiger partial charge >= 0.3 is 0 Å². The van der Waals surface area contributed by atoms with Crippen LogP contribution in [-0.4, -0.2) is 48.0 Å². The molecule has 2 heterocycles. The highest BCUT2D eigenvalue weighted by molar-refractivity contribution is 5.94. The van der Waals surface area contributed by atoms with Crippen molar-refractivity contribution in [2.45, 2.75) is 45.2 Å². The van der Waals surface area contributed by atoms with E-state index in [9.17, 15) is 4.79 Å². The summed E-state index contributed by atoms with van der Waals surface area (Å²) in [6, 6.07) is 16.8. The molecule has 2 aliphatic heterocycles. The van der Waals surface area contributed by atoms with Crippen molar-refractivity contribution in [3.63, 3.8) is 0 Å². The third kappa shape index (κ3) is 4.22. The molecule has 0 aromatic heterocycles. The summed E-state index contributed by atoms with van der Waals surface area (Å²) < 4.78 is 5.70. The van der Waals surface area contributed by atoms with Gasteiger partial charge in [0.2, 0.25) is 0 Å². The van der Waals surface area contributed by atoms with E-state index >= 15 is 0 Å². The zero-order valence-corrected chi connectivity index (χ0v) is 16.8. The van der Waals surface area contributed by atoms with Crippen LogP contribution >= 0.6 is 0 Å². The van der Waals surface area contributed by atoms with Crippen molar-refractivity contribution in [3.05, 3.63) is 65.2 Å². The van der Waals surface area contributed by atoms with Crippen LogP contribution in [0, 0.1) is 0 Å². The number of nitrogens with zero attached hydrogens (tertiary/aromatic N) is 2. The van der Waals surface area contributed by atoms with E-state index in [0.717, 1.165) is 69.8 Å². The molecule has 1 atom stereocenters. The molecule has 0 spiro atoms. The molecule has 1 fully saturated rings. The Kier molecular flexibility index (Phi) is 5.96. The third-order valence-electron chi connectivity index (χ3n) is 6.00. The average Bonchev–Trinajstić information content (AvgIpc) is 3.24. The highest BCUT2D eigenvalue weighted by Crippen LogP contribution is 2.25. The minimum Gasteiger partial charge on any atom is -0.494 e. The Morgan fingerprint density at radius 2 is 1.86 bits per heavy atom. The Balaban J connectivity index is 1.33. The fraction of sp³-hybridized carbons (Fsp3) is 0.458. The Bertz CT molecular complexity index is 803. The second-order valence-corrected chi connectivity index (χ2v) is 7.91. The SMILES string of the molecule is CCCCOc1ccc(C(=O)N2CC[C@@H](N3CCc4ccccc4C3)C2)cc1. The van der Waals surface area contributed by atoms with Gasteiger partial charge < -0.3 is 9.64 Å². The molecule has 1 amide bonds. The molecule has 2 aliphatic rings. The van der Waals surface area contributed by atoms with Crippen LogP contribution in [0.5, 0.6) is 5.75 Å². The summed E-state index contributed by atoms with van der Waals surface area (Å²) >= 11 is 0. The highest BCUT2D eigenvalue weighted by Gasteiger charge is 2.32. The van der Waals surface area contributed by atoms with Crippen molar-refractivity contribution in [2.24, 2.45) is 0 Å². The molecule has 2 aromatic rings. The Labute approximate surface area is 168 Å². The van der Waals surface area contributed by atoms with E-state index in [0.29, 0.717) is 6.04 Å². The van der Waals surface area contributed by atoms with Gasteiger partial charge in [-0.25, -0.2) is 0 Å². The maximum Gasteiger partial charge on any atom is 0.253 e. The predicted molar refractivity (Wildman–Crippen MR) is 112 cm³/mol. The minimum atomic E-state index is 0.139. The van der Waals surface area contributed by atoms with Gasteiger partial charge in [0, 0.05) is 37.8 Å². The van der Waals surface area contributed by atoms with Crippen molar-refractivity contribution in [1.82, 2.24) is 9.80 Å². The first kappa shape index (κ1) is 19.0. The van der Waals surface area contributed by atoms with Crippen molar-refractivity contribution in [2.75, 3.05) is 26.2 Å². The second-order valence-electron chi connectivity index (χ2n) is 7.91. The fourth-order valence-electron chi connectivity index (χ4n) is 4.26. The first-order valence-corrected chi connectivity index (χ1v) is 10.6. The lowest BCUT2D eigenvalue weighted by atomic mass is 9.98. The van der Waals surface area contributed by atoms with Crippen molar-refractivity contribution >= 4 is 5.91 Å². The van der Waals surface area contributed by atoms with Crippen LogP contribution in [0.25, 0.3) is 0 Å². The van der Waals surface area contributed by atoms with E-state index in [1.165, 1.54) is 11.1 Å².